The first kappa shape index (κ1) is 15.5. The van der Waals surface area contributed by atoms with Gasteiger partial charge in [-0.1, -0.05) is 13.8 Å². The maximum Gasteiger partial charge on any atom is 0.120 e. The number of hydrogen-bond donors (Lipinski definition) is 1. The van der Waals surface area contributed by atoms with Gasteiger partial charge in [0.05, 0.1) is 26.3 Å². The highest BCUT2D eigenvalue weighted by molar-refractivity contribution is 5.20. The van der Waals surface area contributed by atoms with E-state index in [-0.39, 0.29) is 0 Å². The lowest BCUT2D eigenvalue weighted by molar-refractivity contribution is -0.00722. The SMILES string of the molecule is Cc1cc(CN2CCOCC2C)oc1CNCC(C)C. The Hall–Kier alpha value is -0.840. The van der Waals surface area contributed by atoms with Crippen LogP contribution in [0.5, 0.6) is 0 Å². The molecule has 1 fully saturated rings. The van der Waals surface area contributed by atoms with E-state index in [0.29, 0.717) is 12.0 Å². The van der Waals surface area contributed by atoms with Crippen molar-refractivity contribution >= 4 is 0 Å². The minimum atomic E-state index is 0.469. The molecule has 4 heteroatoms. The van der Waals surface area contributed by atoms with Crippen molar-refractivity contribution in [2.24, 2.45) is 5.92 Å². The number of rotatable bonds is 6. The van der Waals surface area contributed by atoms with E-state index in [0.717, 1.165) is 50.9 Å². The topological polar surface area (TPSA) is 37.6 Å². The third kappa shape index (κ3) is 4.33. The van der Waals surface area contributed by atoms with Crippen LogP contribution in [0.1, 0.15) is 37.9 Å². The lowest BCUT2D eigenvalue weighted by atomic mass is 10.2. The molecule has 1 atom stereocenters. The van der Waals surface area contributed by atoms with Crippen LogP contribution in [-0.2, 0) is 17.8 Å². The molecule has 1 saturated heterocycles. The Morgan fingerprint density at radius 2 is 2.25 bits per heavy atom. The first-order valence-electron chi connectivity index (χ1n) is 7.67. The fourth-order valence-corrected chi connectivity index (χ4v) is 2.51. The molecule has 1 unspecified atom stereocenters. The summed E-state index contributed by atoms with van der Waals surface area (Å²) in [6.07, 6.45) is 0. The molecule has 0 saturated carbocycles. The zero-order valence-corrected chi connectivity index (χ0v) is 13.2. The van der Waals surface area contributed by atoms with Crippen molar-refractivity contribution in [2.75, 3.05) is 26.3 Å². The van der Waals surface area contributed by atoms with Gasteiger partial charge in [-0.3, -0.25) is 4.90 Å². The second-order valence-electron chi connectivity index (χ2n) is 6.24. The van der Waals surface area contributed by atoms with Gasteiger partial charge in [-0.2, -0.15) is 0 Å². The van der Waals surface area contributed by atoms with Gasteiger partial charge >= 0.3 is 0 Å². The number of nitrogens with zero attached hydrogens (tertiary/aromatic N) is 1. The maximum absolute atomic E-state index is 6.00. The van der Waals surface area contributed by atoms with Gasteiger partial charge in [0, 0.05) is 12.6 Å². The van der Waals surface area contributed by atoms with Crippen LogP contribution >= 0.6 is 0 Å². The number of morpholine rings is 1. The summed E-state index contributed by atoms with van der Waals surface area (Å²) in [7, 11) is 0. The lowest BCUT2D eigenvalue weighted by Gasteiger charge is -2.32. The van der Waals surface area contributed by atoms with Crippen molar-refractivity contribution in [1.82, 2.24) is 10.2 Å². The average molecular weight is 280 g/mol. The first-order valence-corrected chi connectivity index (χ1v) is 7.67. The molecule has 20 heavy (non-hydrogen) atoms. The summed E-state index contributed by atoms with van der Waals surface area (Å²) in [6.45, 7) is 14.1. The van der Waals surface area contributed by atoms with Gasteiger partial charge in [0.2, 0.25) is 0 Å². The molecule has 0 bridgehead atoms. The van der Waals surface area contributed by atoms with Crippen LogP contribution < -0.4 is 5.32 Å². The predicted molar refractivity (Wildman–Crippen MR) is 80.7 cm³/mol. The Morgan fingerprint density at radius 3 is 2.95 bits per heavy atom. The molecule has 114 valence electrons. The Kier molecular flexibility index (Phi) is 5.64. The number of aryl methyl sites for hydroxylation is 1. The fraction of sp³-hybridized carbons (Fsp3) is 0.750. The lowest BCUT2D eigenvalue weighted by Crippen LogP contribution is -2.42. The third-order valence-electron chi connectivity index (χ3n) is 3.77. The van der Waals surface area contributed by atoms with E-state index in [9.17, 15) is 0 Å². The number of hydrogen-bond acceptors (Lipinski definition) is 4. The van der Waals surface area contributed by atoms with Gasteiger partial charge in [-0.05, 0) is 37.9 Å². The Balaban J connectivity index is 1.89. The van der Waals surface area contributed by atoms with Crippen molar-refractivity contribution in [1.29, 1.82) is 0 Å². The Bertz CT molecular complexity index is 415. The summed E-state index contributed by atoms with van der Waals surface area (Å²) < 4.78 is 11.5. The van der Waals surface area contributed by atoms with Crippen molar-refractivity contribution in [3.8, 4) is 0 Å². The van der Waals surface area contributed by atoms with E-state index >= 15 is 0 Å². The van der Waals surface area contributed by atoms with E-state index in [1.54, 1.807) is 0 Å². The molecule has 4 nitrogen and oxygen atoms in total. The second kappa shape index (κ2) is 7.25. The van der Waals surface area contributed by atoms with Crippen LogP contribution in [0.3, 0.4) is 0 Å². The summed E-state index contributed by atoms with van der Waals surface area (Å²) in [6, 6.07) is 2.64. The van der Waals surface area contributed by atoms with Gasteiger partial charge in [-0.15, -0.1) is 0 Å². The van der Waals surface area contributed by atoms with Crippen LogP contribution in [0.4, 0.5) is 0 Å². The van der Waals surface area contributed by atoms with E-state index in [1.165, 1.54) is 5.56 Å². The number of ether oxygens (including phenoxy) is 1. The fourth-order valence-electron chi connectivity index (χ4n) is 2.51. The van der Waals surface area contributed by atoms with E-state index in [4.69, 9.17) is 9.15 Å². The highest BCUT2D eigenvalue weighted by Gasteiger charge is 2.20. The molecule has 0 radical (unpaired) electrons. The van der Waals surface area contributed by atoms with Gasteiger partial charge in [0.25, 0.3) is 0 Å². The van der Waals surface area contributed by atoms with Crippen molar-refractivity contribution in [3.63, 3.8) is 0 Å². The molecule has 0 aromatic carbocycles. The minimum absolute atomic E-state index is 0.469. The van der Waals surface area contributed by atoms with Gasteiger partial charge < -0.3 is 14.5 Å². The number of nitrogens with one attached hydrogen (secondary N) is 1. The zero-order valence-electron chi connectivity index (χ0n) is 13.2. The van der Waals surface area contributed by atoms with Gasteiger partial charge in [0.1, 0.15) is 11.5 Å². The molecule has 1 aliphatic rings. The molecule has 1 N–H and O–H groups in total. The molecule has 0 amide bonds. The van der Waals surface area contributed by atoms with Crippen LogP contribution in [0.15, 0.2) is 10.5 Å². The molecule has 1 aromatic heterocycles. The summed E-state index contributed by atoms with van der Waals surface area (Å²) in [4.78, 5) is 2.42. The van der Waals surface area contributed by atoms with Crippen LogP contribution in [0.2, 0.25) is 0 Å². The van der Waals surface area contributed by atoms with Crippen LogP contribution in [-0.4, -0.2) is 37.2 Å². The van der Waals surface area contributed by atoms with Crippen LogP contribution in [0, 0.1) is 12.8 Å². The summed E-state index contributed by atoms with van der Waals surface area (Å²) in [5.41, 5.74) is 1.25. The Morgan fingerprint density at radius 1 is 1.45 bits per heavy atom. The van der Waals surface area contributed by atoms with Crippen molar-refractivity contribution in [2.45, 2.75) is 46.8 Å². The number of furan rings is 1. The second-order valence-corrected chi connectivity index (χ2v) is 6.24. The highest BCUT2D eigenvalue weighted by Crippen LogP contribution is 2.18. The Labute approximate surface area is 122 Å². The molecule has 2 heterocycles. The molecule has 0 spiro atoms. The van der Waals surface area contributed by atoms with E-state index < -0.39 is 0 Å². The third-order valence-corrected chi connectivity index (χ3v) is 3.77. The zero-order chi connectivity index (χ0) is 14.5. The summed E-state index contributed by atoms with van der Waals surface area (Å²) in [5, 5.41) is 3.44. The summed E-state index contributed by atoms with van der Waals surface area (Å²) in [5.74, 6) is 2.80. The molecular weight excluding hydrogens is 252 g/mol. The first-order chi connectivity index (χ1) is 9.56. The minimum Gasteiger partial charge on any atom is -0.463 e. The molecule has 1 aromatic rings. The molecule has 1 aliphatic heterocycles. The molecule has 0 aliphatic carbocycles. The molecule has 2 rings (SSSR count). The monoisotopic (exact) mass is 280 g/mol. The molecular formula is C16H28N2O2. The summed E-state index contributed by atoms with van der Waals surface area (Å²) >= 11 is 0. The van der Waals surface area contributed by atoms with Gasteiger partial charge in [0.15, 0.2) is 0 Å². The van der Waals surface area contributed by atoms with Crippen molar-refractivity contribution in [3.05, 3.63) is 23.2 Å². The standard InChI is InChI=1S/C16H28N2O2/c1-12(2)8-17-9-16-13(3)7-15(20-16)10-18-5-6-19-11-14(18)4/h7,12,14,17H,5-6,8-11H2,1-4H3. The van der Waals surface area contributed by atoms with E-state index in [2.05, 4.69) is 44.0 Å². The quantitative estimate of drug-likeness (QED) is 0.869. The predicted octanol–water partition coefficient (Wildman–Crippen LogP) is 2.55. The van der Waals surface area contributed by atoms with Crippen LogP contribution in [0.25, 0.3) is 0 Å². The van der Waals surface area contributed by atoms with Crippen molar-refractivity contribution < 1.29 is 9.15 Å². The largest absolute Gasteiger partial charge is 0.463 e. The average Bonchev–Trinajstić information content (AvgIpc) is 2.72. The van der Waals surface area contributed by atoms with Gasteiger partial charge in [-0.25, -0.2) is 0 Å². The smallest absolute Gasteiger partial charge is 0.120 e. The highest BCUT2D eigenvalue weighted by atomic mass is 16.5. The normalized spacial score (nSPS) is 20.8. The van der Waals surface area contributed by atoms with E-state index in [1.807, 2.05) is 0 Å². The maximum atomic E-state index is 6.00.